The highest BCUT2D eigenvalue weighted by Gasteiger charge is 2.22. The minimum Gasteiger partial charge on any atom is -0.492 e. The fraction of sp³-hybridized carbons (Fsp3) is 0.353. The van der Waals surface area contributed by atoms with E-state index in [2.05, 4.69) is 20.9 Å². The first-order valence-electron chi connectivity index (χ1n) is 7.75. The van der Waals surface area contributed by atoms with Crippen molar-refractivity contribution in [2.75, 3.05) is 13.2 Å². The van der Waals surface area contributed by atoms with E-state index >= 15 is 0 Å². The summed E-state index contributed by atoms with van der Waals surface area (Å²) in [6.07, 6.45) is 2.09. The Balaban J connectivity index is 1.67. The minimum atomic E-state index is -0.0407. The molecule has 0 bridgehead atoms. The predicted octanol–water partition coefficient (Wildman–Crippen LogP) is 1.99. The number of ether oxygens (including phenoxy) is 1. The summed E-state index contributed by atoms with van der Waals surface area (Å²) in [6.45, 7) is 3.33. The van der Waals surface area contributed by atoms with E-state index in [1.54, 1.807) is 9.47 Å². The van der Waals surface area contributed by atoms with Crippen molar-refractivity contribution in [3.8, 4) is 5.75 Å². The van der Waals surface area contributed by atoms with Gasteiger partial charge < -0.3 is 9.64 Å². The van der Waals surface area contributed by atoms with Gasteiger partial charge in [0.25, 0.3) is 5.56 Å². The van der Waals surface area contributed by atoms with E-state index in [0.717, 1.165) is 10.2 Å². The van der Waals surface area contributed by atoms with Crippen molar-refractivity contribution in [1.82, 2.24) is 14.5 Å². The van der Waals surface area contributed by atoms with Gasteiger partial charge in [-0.05, 0) is 24.6 Å². The third-order valence-corrected chi connectivity index (χ3v) is 4.53. The normalized spacial score (nSPS) is 13.5. The van der Waals surface area contributed by atoms with Crippen molar-refractivity contribution >= 4 is 21.8 Å². The van der Waals surface area contributed by atoms with Gasteiger partial charge in [0.2, 0.25) is 5.91 Å². The summed E-state index contributed by atoms with van der Waals surface area (Å²) in [5, 5.41) is 0. The number of halogens is 1. The molecule has 0 N–H and O–H groups in total. The number of rotatable bonds is 4. The number of benzene rings is 1. The number of nitrogens with zero attached hydrogens (tertiary/aromatic N) is 3. The molecule has 0 saturated heterocycles. The van der Waals surface area contributed by atoms with Crippen LogP contribution in [-0.4, -0.2) is 33.5 Å². The van der Waals surface area contributed by atoms with Crippen molar-refractivity contribution in [2.24, 2.45) is 0 Å². The highest BCUT2D eigenvalue weighted by atomic mass is 79.9. The molecular weight excluding hydrogens is 374 g/mol. The molecule has 0 spiro atoms. The minimum absolute atomic E-state index is 0.00838. The number of amides is 1. The average Bonchev–Trinajstić information content (AvgIpc) is 2.56. The molecule has 7 heteroatoms. The molecule has 0 saturated carbocycles. The van der Waals surface area contributed by atoms with Crippen molar-refractivity contribution in [2.45, 2.75) is 26.4 Å². The Morgan fingerprint density at radius 1 is 1.42 bits per heavy atom. The molecule has 1 aromatic heterocycles. The second-order valence-corrected chi connectivity index (χ2v) is 6.58. The molecule has 0 fully saturated rings. The number of hydrogen-bond donors (Lipinski definition) is 0. The Bertz CT molecular complexity index is 819. The van der Waals surface area contributed by atoms with Crippen LogP contribution in [0.5, 0.6) is 5.75 Å². The molecule has 126 valence electrons. The van der Waals surface area contributed by atoms with Crippen LogP contribution in [0.25, 0.3) is 0 Å². The first-order valence-corrected chi connectivity index (χ1v) is 8.55. The molecule has 0 radical (unpaired) electrons. The van der Waals surface area contributed by atoms with E-state index in [1.807, 2.05) is 24.3 Å². The molecule has 0 unspecified atom stereocenters. The molecule has 3 rings (SSSR count). The van der Waals surface area contributed by atoms with Gasteiger partial charge in [0.15, 0.2) is 0 Å². The average molecular weight is 392 g/mol. The van der Waals surface area contributed by atoms with Crippen LogP contribution < -0.4 is 10.3 Å². The number of hydrogen-bond acceptors (Lipinski definition) is 4. The third-order valence-electron chi connectivity index (χ3n) is 4.03. The molecule has 24 heavy (non-hydrogen) atoms. The standard InChI is InChI=1S/C17H18BrN3O3/c1-12(22)20-6-5-15-16(10-20)19-11-21(17(15)23)7-8-24-14-4-2-3-13(18)9-14/h2-4,9,11H,5-8,10H2,1H3. The zero-order chi connectivity index (χ0) is 17.1. The lowest BCUT2D eigenvalue weighted by atomic mass is 10.1. The van der Waals surface area contributed by atoms with Gasteiger partial charge in [-0.1, -0.05) is 22.0 Å². The zero-order valence-corrected chi connectivity index (χ0v) is 15.0. The van der Waals surface area contributed by atoms with E-state index in [0.29, 0.717) is 43.9 Å². The van der Waals surface area contributed by atoms with Crippen LogP contribution in [0.15, 0.2) is 39.9 Å². The maximum atomic E-state index is 12.5. The number of aromatic nitrogens is 2. The number of carbonyl (C=O) groups excluding carboxylic acids is 1. The first kappa shape index (κ1) is 16.7. The van der Waals surface area contributed by atoms with Crippen LogP contribution in [0, 0.1) is 0 Å². The second-order valence-electron chi connectivity index (χ2n) is 5.66. The summed E-state index contributed by atoms with van der Waals surface area (Å²) >= 11 is 3.39. The van der Waals surface area contributed by atoms with Gasteiger partial charge in [0.1, 0.15) is 12.4 Å². The molecular formula is C17H18BrN3O3. The summed E-state index contributed by atoms with van der Waals surface area (Å²) in [7, 11) is 0. The van der Waals surface area contributed by atoms with Crippen molar-refractivity contribution in [3.63, 3.8) is 0 Å². The molecule has 2 aromatic rings. The summed E-state index contributed by atoms with van der Waals surface area (Å²) in [5.74, 6) is 0.759. The Labute approximate surface area is 148 Å². The zero-order valence-electron chi connectivity index (χ0n) is 13.4. The van der Waals surface area contributed by atoms with Gasteiger partial charge in [-0.2, -0.15) is 0 Å². The number of fused-ring (bicyclic) bond motifs is 1. The van der Waals surface area contributed by atoms with E-state index < -0.39 is 0 Å². The summed E-state index contributed by atoms with van der Waals surface area (Å²) in [5.41, 5.74) is 1.36. The van der Waals surface area contributed by atoms with E-state index in [-0.39, 0.29) is 11.5 Å². The van der Waals surface area contributed by atoms with E-state index in [1.165, 1.54) is 13.3 Å². The smallest absolute Gasteiger partial charge is 0.256 e. The van der Waals surface area contributed by atoms with Gasteiger partial charge in [0.05, 0.1) is 25.1 Å². The van der Waals surface area contributed by atoms with Crippen LogP contribution in [0.3, 0.4) is 0 Å². The first-order chi connectivity index (χ1) is 11.5. The molecule has 1 amide bonds. The van der Waals surface area contributed by atoms with Crippen LogP contribution in [-0.2, 0) is 24.3 Å². The quantitative estimate of drug-likeness (QED) is 0.799. The fourth-order valence-corrected chi connectivity index (χ4v) is 3.09. The summed E-state index contributed by atoms with van der Waals surface area (Å²) < 4.78 is 8.18. The maximum Gasteiger partial charge on any atom is 0.256 e. The topological polar surface area (TPSA) is 64.4 Å². The maximum absolute atomic E-state index is 12.5. The van der Waals surface area contributed by atoms with Crippen LogP contribution in [0.2, 0.25) is 0 Å². The summed E-state index contributed by atoms with van der Waals surface area (Å²) in [4.78, 5) is 30.1. The molecule has 1 aliphatic rings. The van der Waals surface area contributed by atoms with Gasteiger partial charge in [-0.3, -0.25) is 14.2 Å². The highest BCUT2D eigenvalue weighted by molar-refractivity contribution is 9.10. The summed E-state index contributed by atoms with van der Waals surface area (Å²) in [6, 6.07) is 7.57. The largest absolute Gasteiger partial charge is 0.492 e. The second kappa shape index (κ2) is 7.17. The monoisotopic (exact) mass is 391 g/mol. The Morgan fingerprint density at radius 3 is 3.00 bits per heavy atom. The lowest BCUT2D eigenvalue weighted by Gasteiger charge is -2.26. The molecule has 6 nitrogen and oxygen atoms in total. The molecule has 1 aliphatic heterocycles. The SMILES string of the molecule is CC(=O)N1CCc2c(ncn(CCOc3cccc(Br)c3)c2=O)C1. The Kier molecular flexibility index (Phi) is 4.99. The highest BCUT2D eigenvalue weighted by Crippen LogP contribution is 2.17. The van der Waals surface area contributed by atoms with E-state index in [4.69, 9.17) is 4.74 Å². The Morgan fingerprint density at radius 2 is 2.25 bits per heavy atom. The van der Waals surface area contributed by atoms with Crippen molar-refractivity contribution < 1.29 is 9.53 Å². The molecule has 1 aromatic carbocycles. The van der Waals surface area contributed by atoms with Crippen LogP contribution in [0.4, 0.5) is 0 Å². The van der Waals surface area contributed by atoms with Crippen molar-refractivity contribution in [1.29, 1.82) is 0 Å². The predicted molar refractivity (Wildman–Crippen MR) is 92.9 cm³/mol. The lowest BCUT2D eigenvalue weighted by Crippen LogP contribution is -2.39. The van der Waals surface area contributed by atoms with Gasteiger partial charge >= 0.3 is 0 Å². The molecule has 0 aliphatic carbocycles. The fourth-order valence-electron chi connectivity index (χ4n) is 2.71. The lowest BCUT2D eigenvalue weighted by molar-refractivity contribution is -0.129. The van der Waals surface area contributed by atoms with Crippen molar-refractivity contribution in [3.05, 3.63) is 56.7 Å². The van der Waals surface area contributed by atoms with Gasteiger partial charge in [-0.15, -0.1) is 0 Å². The molecule has 2 heterocycles. The van der Waals surface area contributed by atoms with Crippen LogP contribution in [0.1, 0.15) is 18.2 Å². The molecule has 0 atom stereocenters. The Hall–Kier alpha value is -2.15. The van der Waals surface area contributed by atoms with Gasteiger partial charge in [0, 0.05) is 23.5 Å². The van der Waals surface area contributed by atoms with Crippen LogP contribution >= 0.6 is 15.9 Å². The third kappa shape index (κ3) is 3.67. The van der Waals surface area contributed by atoms with Gasteiger partial charge in [-0.25, -0.2) is 4.98 Å². The van der Waals surface area contributed by atoms with E-state index in [9.17, 15) is 9.59 Å². The number of carbonyl (C=O) groups is 1.